The fraction of sp³-hybridized carbons (Fsp3) is 0.333. The topological polar surface area (TPSA) is 84.2 Å². The molecule has 1 aliphatic rings. The van der Waals surface area contributed by atoms with Gasteiger partial charge in [0.15, 0.2) is 0 Å². The van der Waals surface area contributed by atoms with Gasteiger partial charge in [-0.25, -0.2) is 19.3 Å². The fourth-order valence-corrected chi connectivity index (χ4v) is 3.52. The lowest BCUT2D eigenvalue weighted by Crippen LogP contribution is -2.39. The SMILES string of the molecule is CCC(=O)N1CCCC(c2nc(Nc3cccc(F)c3)cc(-c3ncco3)n2)C1. The molecule has 0 spiro atoms. The molecule has 1 aliphatic heterocycles. The molecule has 7 nitrogen and oxygen atoms in total. The van der Waals surface area contributed by atoms with Crippen molar-refractivity contribution < 1.29 is 13.6 Å². The number of halogens is 1. The molecule has 1 amide bonds. The highest BCUT2D eigenvalue weighted by atomic mass is 19.1. The highest BCUT2D eigenvalue weighted by Crippen LogP contribution is 2.29. The number of likely N-dealkylation sites (tertiary alicyclic amines) is 1. The summed E-state index contributed by atoms with van der Waals surface area (Å²) in [6.07, 6.45) is 5.31. The molecule has 1 fully saturated rings. The minimum absolute atomic E-state index is 0.0159. The van der Waals surface area contributed by atoms with E-state index in [1.807, 2.05) is 11.8 Å². The quantitative estimate of drug-likeness (QED) is 0.699. The number of carbonyl (C=O) groups is 1. The van der Waals surface area contributed by atoms with Crippen molar-refractivity contribution in [3.05, 3.63) is 54.4 Å². The fourth-order valence-electron chi connectivity index (χ4n) is 3.52. The lowest BCUT2D eigenvalue weighted by atomic mass is 9.96. The summed E-state index contributed by atoms with van der Waals surface area (Å²) in [5.74, 6) is 1.34. The largest absolute Gasteiger partial charge is 0.443 e. The number of benzene rings is 1. The van der Waals surface area contributed by atoms with Gasteiger partial charge in [-0.05, 0) is 31.0 Å². The first-order valence-electron chi connectivity index (χ1n) is 9.71. The number of hydrogen-bond donors (Lipinski definition) is 1. The van der Waals surface area contributed by atoms with E-state index in [4.69, 9.17) is 4.42 Å². The number of rotatable bonds is 5. The van der Waals surface area contributed by atoms with Gasteiger partial charge in [-0.3, -0.25) is 4.79 Å². The second-order valence-corrected chi connectivity index (χ2v) is 7.00. The van der Waals surface area contributed by atoms with E-state index in [0.717, 1.165) is 19.4 Å². The maximum Gasteiger partial charge on any atom is 0.245 e. The first-order chi connectivity index (χ1) is 14.1. The zero-order valence-electron chi connectivity index (χ0n) is 16.1. The van der Waals surface area contributed by atoms with Gasteiger partial charge < -0.3 is 14.6 Å². The summed E-state index contributed by atoms with van der Waals surface area (Å²) >= 11 is 0. The zero-order valence-corrected chi connectivity index (χ0v) is 16.1. The molecule has 1 N–H and O–H groups in total. The van der Waals surface area contributed by atoms with Crippen LogP contribution in [0.5, 0.6) is 0 Å². The lowest BCUT2D eigenvalue weighted by molar-refractivity contribution is -0.132. The number of carbonyl (C=O) groups excluding carboxylic acids is 1. The third kappa shape index (κ3) is 4.42. The van der Waals surface area contributed by atoms with Crippen molar-refractivity contribution in [2.45, 2.75) is 32.1 Å². The molecule has 150 valence electrons. The van der Waals surface area contributed by atoms with E-state index in [9.17, 15) is 9.18 Å². The van der Waals surface area contributed by atoms with Crippen LogP contribution in [0.2, 0.25) is 0 Å². The molecule has 1 aromatic carbocycles. The standard InChI is InChI=1S/C21H22FN5O2/c1-2-19(28)27-9-4-5-14(13-27)20-25-17(21-23-8-10-29-21)12-18(26-20)24-16-7-3-6-15(22)11-16/h3,6-8,10-12,14H,2,4-5,9,13H2,1H3,(H,24,25,26). The number of nitrogens with one attached hydrogen (secondary N) is 1. The molecule has 0 aliphatic carbocycles. The lowest BCUT2D eigenvalue weighted by Gasteiger charge is -2.32. The second-order valence-electron chi connectivity index (χ2n) is 7.00. The molecule has 0 saturated carbocycles. The summed E-state index contributed by atoms with van der Waals surface area (Å²) in [6.45, 7) is 3.21. The summed E-state index contributed by atoms with van der Waals surface area (Å²) in [7, 11) is 0. The molecule has 4 rings (SSSR count). The Morgan fingerprint density at radius 1 is 1.34 bits per heavy atom. The van der Waals surface area contributed by atoms with Crippen LogP contribution in [0.1, 0.15) is 37.9 Å². The van der Waals surface area contributed by atoms with Crippen LogP contribution < -0.4 is 5.32 Å². The van der Waals surface area contributed by atoms with Crippen molar-refractivity contribution >= 4 is 17.4 Å². The van der Waals surface area contributed by atoms with Crippen molar-refractivity contribution in [3.8, 4) is 11.6 Å². The molecule has 0 bridgehead atoms. The number of amides is 1. The number of anilines is 2. The Morgan fingerprint density at radius 2 is 2.24 bits per heavy atom. The summed E-state index contributed by atoms with van der Waals surface area (Å²) in [5.41, 5.74) is 1.12. The van der Waals surface area contributed by atoms with Gasteiger partial charge in [0.25, 0.3) is 0 Å². The van der Waals surface area contributed by atoms with Gasteiger partial charge in [0.05, 0.1) is 6.20 Å². The summed E-state index contributed by atoms with van der Waals surface area (Å²) in [6, 6.07) is 7.89. The van der Waals surface area contributed by atoms with Gasteiger partial charge in [0.1, 0.15) is 29.4 Å². The predicted octanol–water partition coefficient (Wildman–Crippen LogP) is 4.13. The Morgan fingerprint density at radius 3 is 3.00 bits per heavy atom. The molecule has 1 unspecified atom stereocenters. The summed E-state index contributed by atoms with van der Waals surface area (Å²) in [5, 5.41) is 3.13. The predicted molar refractivity (Wildman–Crippen MR) is 106 cm³/mol. The molecule has 3 aromatic rings. The van der Waals surface area contributed by atoms with E-state index in [-0.39, 0.29) is 17.6 Å². The van der Waals surface area contributed by atoms with E-state index in [2.05, 4.69) is 20.3 Å². The van der Waals surface area contributed by atoms with Crippen LogP contribution >= 0.6 is 0 Å². The van der Waals surface area contributed by atoms with Crippen LogP contribution in [-0.4, -0.2) is 38.8 Å². The minimum Gasteiger partial charge on any atom is -0.443 e. The molecule has 0 radical (unpaired) electrons. The second kappa shape index (κ2) is 8.38. The number of oxazole rings is 1. The Kier molecular flexibility index (Phi) is 5.50. The van der Waals surface area contributed by atoms with Crippen LogP contribution in [0.25, 0.3) is 11.6 Å². The smallest absolute Gasteiger partial charge is 0.245 e. The Balaban J connectivity index is 1.67. The zero-order chi connectivity index (χ0) is 20.2. The third-order valence-electron chi connectivity index (χ3n) is 4.93. The Bertz CT molecular complexity index is 992. The highest BCUT2D eigenvalue weighted by Gasteiger charge is 2.27. The monoisotopic (exact) mass is 395 g/mol. The summed E-state index contributed by atoms with van der Waals surface area (Å²) < 4.78 is 19.0. The maximum absolute atomic E-state index is 13.6. The number of piperidine rings is 1. The maximum atomic E-state index is 13.6. The van der Waals surface area contributed by atoms with Crippen molar-refractivity contribution in [1.82, 2.24) is 19.9 Å². The molecule has 2 aromatic heterocycles. The van der Waals surface area contributed by atoms with Gasteiger partial charge in [0, 0.05) is 37.2 Å². The van der Waals surface area contributed by atoms with Crippen LogP contribution in [-0.2, 0) is 4.79 Å². The number of aromatic nitrogens is 3. The van der Waals surface area contributed by atoms with E-state index >= 15 is 0 Å². The Labute approximate surface area is 168 Å². The van der Waals surface area contributed by atoms with Crippen LogP contribution in [0.3, 0.4) is 0 Å². The van der Waals surface area contributed by atoms with Gasteiger partial charge in [-0.15, -0.1) is 0 Å². The van der Waals surface area contributed by atoms with Crippen molar-refractivity contribution in [2.75, 3.05) is 18.4 Å². The van der Waals surface area contributed by atoms with E-state index < -0.39 is 0 Å². The molecule has 8 heteroatoms. The third-order valence-corrected chi connectivity index (χ3v) is 4.93. The van der Waals surface area contributed by atoms with Gasteiger partial charge in [-0.1, -0.05) is 13.0 Å². The number of hydrogen-bond acceptors (Lipinski definition) is 6. The van der Waals surface area contributed by atoms with Crippen molar-refractivity contribution in [2.24, 2.45) is 0 Å². The highest BCUT2D eigenvalue weighted by molar-refractivity contribution is 5.76. The average Bonchev–Trinajstić information content (AvgIpc) is 3.28. The average molecular weight is 395 g/mol. The van der Waals surface area contributed by atoms with Crippen LogP contribution in [0.15, 0.2) is 47.2 Å². The molecule has 29 heavy (non-hydrogen) atoms. The normalized spacial score (nSPS) is 16.6. The van der Waals surface area contributed by atoms with Gasteiger partial charge >= 0.3 is 0 Å². The number of nitrogens with zero attached hydrogens (tertiary/aromatic N) is 4. The first-order valence-corrected chi connectivity index (χ1v) is 9.71. The molecule has 1 saturated heterocycles. The molecule has 3 heterocycles. The van der Waals surface area contributed by atoms with Gasteiger partial charge in [0.2, 0.25) is 11.8 Å². The summed E-state index contributed by atoms with van der Waals surface area (Å²) in [4.78, 5) is 27.5. The van der Waals surface area contributed by atoms with Crippen molar-refractivity contribution in [3.63, 3.8) is 0 Å². The Hall–Kier alpha value is -3.29. The van der Waals surface area contributed by atoms with E-state index in [1.165, 1.54) is 18.4 Å². The molecular weight excluding hydrogens is 373 g/mol. The van der Waals surface area contributed by atoms with Crippen LogP contribution in [0, 0.1) is 5.82 Å². The van der Waals surface area contributed by atoms with Crippen molar-refractivity contribution in [1.29, 1.82) is 0 Å². The minimum atomic E-state index is -0.335. The molecular formula is C21H22FN5O2. The van der Waals surface area contributed by atoms with Gasteiger partial charge in [-0.2, -0.15) is 0 Å². The first kappa shape index (κ1) is 19.0. The van der Waals surface area contributed by atoms with E-state index in [1.54, 1.807) is 24.4 Å². The molecule has 1 atom stereocenters. The van der Waals surface area contributed by atoms with Crippen LogP contribution in [0.4, 0.5) is 15.9 Å². The van der Waals surface area contributed by atoms with E-state index in [0.29, 0.717) is 41.9 Å².